The lowest BCUT2D eigenvalue weighted by atomic mass is 9.95. The highest BCUT2D eigenvalue weighted by molar-refractivity contribution is 7.93. The monoisotopic (exact) mass is 628 g/mol. The van der Waals surface area contributed by atoms with Crippen molar-refractivity contribution in [2.75, 3.05) is 0 Å². The van der Waals surface area contributed by atoms with E-state index in [9.17, 15) is 22.4 Å². The zero-order chi connectivity index (χ0) is 32.2. The van der Waals surface area contributed by atoms with Gasteiger partial charge in [-0.05, 0) is 77.4 Å². The number of rotatable bonds is 14. The second-order valence-corrected chi connectivity index (χ2v) is 12.7. The van der Waals surface area contributed by atoms with Crippen LogP contribution >= 0.6 is 0 Å². The quantitative estimate of drug-likeness (QED) is 0.157. The first-order valence-electron chi connectivity index (χ1n) is 14.7. The van der Waals surface area contributed by atoms with Crippen molar-refractivity contribution in [2.45, 2.75) is 45.8 Å². The Morgan fingerprint density at radius 2 is 1.56 bits per heavy atom. The van der Waals surface area contributed by atoms with Crippen LogP contribution in [0.1, 0.15) is 65.3 Å². The molecule has 0 aliphatic carbocycles. The van der Waals surface area contributed by atoms with Crippen LogP contribution in [0.15, 0.2) is 109 Å². The predicted octanol–water partition coefficient (Wildman–Crippen LogP) is 6.97. The molecule has 4 aromatic carbocycles. The van der Waals surface area contributed by atoms with Crippen molar-refractivity contribution in [3.8, 4) is 5.75 Å². The van der Waals surface area contributed by atoms with Crippen molar-refractivity contribution in [3.63, 3.8) is 0 Å². The van der Waals surface area contributed by atoms with Crippen LogP contribution in [0.2, 0.25) is 0 Å². The molecule has 0 fully saturated rings. The highest BCUT2D eigenvalue weighted by Gasteiger charge is 2.21. The number of ether oxygens (including phenoxy) is 1. The minimum atomic E-state index is -4.01. The van der Waals surface area contributed by atoms with Gasteiger partial charge in [-0.3, -0.25) is 9.59 Å². The lowest BCUT2D eigenvalue weighted by molar-refractivity contribution is -0.119. The van der Waals surface area contributed by atoms with Crippen molar-refractivity contribution in [3.05, 3.63) is 142 Å². The van der Waals surface area contributed by atoms with Crippen LogP contribution in [0, 0.1) is 11.7 Å². The Kier molecular flexibility index (Phi) is 11.6. The van der Waals surface area contributed by atoms with E-state index in [2.05, 4.69) is 10.0 Å². The van der Waals surface area contributed by atoms with E-state index >= 15 is 0 Å². The van der Waals surface area contributed by atoms with Crippen LogP contribution < -0.4 is 14.8 Å². The van der Waals surface area contributed by atoms with Gasteiger partial charge in [0.05, 0.1) is 11.4 Å². The van der Waals surface area contributed by atoms with E-state index in [4.69, 9.17) is 4.74 Å². The Morgan fingerprint density at radius 3 is 2.22 bits per heavy atom. The summed E-state index contributed by atoms with van der Waals surface area (Å²) in [7, 11) is -4.01. The molecule has 0 aromatic heterocycles. The third-order valence-electron chi connectivity index (χ3n) is 6.97. The number of halogens is 1. The number of carbonyl (C=O) groups is 2. The molecule has 2 amide bonds. The SMILES string of the molecule is CC(C)CC(NC(=O)c1cc(COc2ccccc2)ccc1CCC(=O)NS(=O)(=O)C=Cc1ccccc1)c1ccc(F)cc1. The fourth-order valence-corrected chi connectivity index (χ4v) is 5.55. The number of nitrogens with one attached hydrogen (secondary N) is 2. The highest BCUT2D eigenvalue weighted by Crippen LogP contribution is 2.24. The third-order valence-corrected chi connectivity index (χ3v) is 7.98. The minimum absolute atomic E-state index is 0.123. The number of amides is 2. The Hall–Kier alpha value is -4.76. The van der Waals surface area contributed by atoms with Crippen molar-refractivity contribution in [2.24, 2.45) is 5.92 Å². The summed E-state index contributed by atoms with van der Waals surface area (Å²) in [6.07, 6.45) is 1.99. The molecule has 9 heteroatoms. The molecular formula is C36H37FN2O5S. The van der Waals surface area contributed by atoms with Crippen LogP contribution in [-0.4, -0.2) is 20.2 Å². The van der Waals surface area contributed by atoms with Gasteiger partial charge in [0.15, 0.2) is 0 Å². The van der Waals surface area contributed by atoms with Crippen LogP contribution in [0.4, 0.5) is 4.39 Å². The summed E-state index contributed by atoms with van der Waals surface area (Å²) in [5, 5.41) is 4.04. The molecule has 0 aliphatic rings. The summed E-state index contributed by atoms with van der Waals surface area (Å²) in [5.41, 5.74) is 3.12. The fraction of sp³-hybridized carbons (Fsp3) is 0.222. The molecule has 4 aromatic rings. The van der Waals surface area contributed by atoms with Crippen LogP contribution in [-0.2, 0) is 27.8 Å². The molecule has 2 N–H and O–H groups in total. The molecule has 7 nitrogen and oxygen atoms in total. The molecule has 0 bridgehead atoms. The smallest absolute Gasteiger partial charge is 0.257 e. The van der Waals surface area contributed by atoms with E-state index in [-0.39, 0.29) is 43.1 Å². The van der Waals surface area contributed by atoms with E-state index in [1.807, 2.05) is 56.3 Å². The molecular weight excluding hydrogens is 591 g/mol. The predicted molar refractivity (Wildman–Crippen MR) is 174 cm³/mol. The molecule has 0 spiro atoms. The number of carbonyl (C=O) groups excluding carboxylic acids is 2. The van der Waals surface area contributed by atoms with Crippen LogP contribution in [0.5, 0.6) is 5.75 Å². The molecule has 0 aliphatic heterocycles. The number of benzene rings is 4. The Bertz CT molecular complexity index is 1710. The van der Waals surface area contributed by atoms with Crippen LogP contribution in [0.25, 0.3) is 6.08 Å². The van der Waals surface area contributed by atoms with Gasteiger partial charge < -0.3 is 10.1 Å². The van der Waals surface area contributed by atoms with Crippen molar-refractivity contribution < 1.29 is 27.1 Å². The summed E-state index contributed by atoms with van der Waals surface area (Å²) in [6, 6.07) is 29.1. The zero-order valence-electron chi connectivity index (χ0n) is 25.3. The van der Waals surface area contributed by atoms with E-state index in [1.54, 1.807) is 48.5 Å². The van der Waals surface area contributed by atoms with E-state index in [1.165, 1.54) is 18.2 Å². The summed E-state index contributed by atoms with van der Waals surface area (Å²) >= 11 is 0. The summed E-state index contributed by atoms with van der Waals surface area (Å²) in [4.78, 5) is 26.5. The van der Waals surface area contributed by atoms with Gasteiger partial charge in [-0.15, -0.1) is 0 Å². The second kappa shape index (κ2) is 15.8. The highest BCUT2D eigenvalue weighted by atomic mass is 32.2. The Morgan fingerprint density at radius 1 is 0.889 bits per heavy atom. The molecule has 1 unspecified atom stereocenters. The number of sulfonamides is 1. The molecule has 45 heavy (non-hydrogen) atoms. The topological polar surface area (TPSA) is 102 Å². The standard InChI is InChI=1S/C36H37FN2O5S/c1-26(2)23-34(30-15-18-31(37)19-16-30)38-36(41)33-24-28(25-44-32-11-7-4-8-12-32)13-14-29(33)17-20-35(40)39-45(42,43)22-21-27-9-5-3-6-10-27/h3-16,18-19,21-22,24,26,34H,17,20,23,25H2,1-2H3,(H,38,41)(H,39,40). The van der Waals surface area contributed by atoms with Crippen molar-refractivity contribution in [1.82, 2.24) is 10.0 Å². The van der Waals surface area contributed by atoms with Gasteiger partial charge in [0.25, 0.3) is 15.9 Å². The van der Waals surface area contributed by atoms with Gasteiger partial charge in [-0.1, -0.05) is 86.6 Å². The average molecular weight is 629 g/mol. The zero-order valence-corrected chi connectivity index (χ0v) is 26.1. The number of aryl methyl sites for hydroxylation is 1. The summed E-state index contributed by atoms with van der Waals surface area (Å²) in [6.45, 7) is 4.29. The van der Waals surface area contributed by atoms with E-state index in [0.29, 0.717) is 28.9 Å². The molecule has 4 rings (SSSR count). The second-order valence-electron chi connectivity index (χ2n) is 11.1. The molecule has 0 saturated carbocycles. The minimum Gasteiger partial charge on any atom is -0.489 e. The number of para-hydroxylation sites is 1. The maximum absolute atomic E-state index is 13.8. The first-order chi connectivity index (χ1) is 21.6. The van der Waals surface area contributed by atoms with Gasteiger partial charge in [-0.2, -0.15) is 0 Å². The molecule has 234 valence electrons. The summed E-state index contributed by atoms with van der Waals surface area (Å²) in [5.74, 6) is -0.496. The Labute approximate surface area is 264 Å². The number of hydrogen-bond acceptors (Lipinski definition) is 5. The lowest BCUT2D eigenvalue weighted by Gasteiger charge is -2.22. The lowest BCUT2D eigenvalue weighted by Crippen LogP contribution is -2.31. The van der Waals surface area contributed by atoms with Crippen molar-refractivity contribution in [1.29, 1.82) is 0 Å². The van der Waals surface area contributed by atoms with Gasteiger partial charge >= 0.3 is 0 Å². The molecule has 1 atom stereocenters. The van der Waals surface area contributed by atoms with Crippen LogP contribution in [0.3, 0.4) is 0 Å². The van der Waals surface area contributed by atoms with Gasteiger partial charge in [0.1, 0.15) is 18.2 Å². The largest absolute Gasteiger partial charge is 0.489 e. The first-order valence-corrected chi connectivity index (χ1v) is 16.3. The first kappa shape index (κ1) is 33.1. The maximum Gasteiger partial charge on any atom is 0.257 e. The summed E-state index contributed by atoms with van der Waals surface area (Å²) < 4.78 is 46.5. The van der Waals surface area contributed by atoms with E-state index < -0.39 is 15.9 Å². The van der Waals surface area contributed by atoms with Gasteiger partial charge in [-0.25, -0.2) is 17.5 Å². The van der Waals surface area contributed by atoms with Gasteiger partial charge in [0, 0.05) is 12.0 Å². The average Bonchev–Trinajstić information content (AvgIpc) is 3.02. The normalized spacial score (nSPS) is 12.2. The third kappa shape index (κ3) is 10.7. The van der Waals surface area contributed by atoms with Crippen molar-refractivity contribution >= 4 is 27.9 Å². The van der Waals surface area contributed by atoms with Gasteiger partial charge in [0.2, 0.25) is 5.91 Å². The molecule has 0 radical (unpaired) electrons. The number of hydrogen-bond donors (Lipinski definition) is 2. The Balaban J connectivity index is 1.52. The van der Waals surface area contributed by atoms with E-state index in [0.717, 1.165) is 16.5 Å². The molecule has 0 saturated heterocycles. The molecule has 0 heterocycles. The fourth-order valence-electron chi connectivity index (χ4n) is 4.73. The maximum atomic E-state index is 13.8.